The van der Waals surface area contributed by atoms with Gasteiger partial charge in [0.15, 0.2) is 5.69 Å². The van der Waals surface area contributed by atoms with Gasteiger partial charge in [-0.2, -0.15) is 5.10 Å². The highest BCUT2D eigenvalue weighted by Gasteiger charge is 2.11. The molecule has 1 aromatic carbocycles. The van der Waals surface area contributed by atoms with Crippen LogP contribution in [0.2, 0.25) is 0 Å². The molecule has 0 aliphatic rings. The number of carbonyl (C=O) groups is 2. The van der Waals surface area contributed by atoms with E-state index in [9.17, 15) is 9.59 Å². The summed E-state index contributed by atoms with van der Waals surface area (Å²) < 4.78 is 4.90. The van der Waals surface area contributed by atoms with Crippen molar-refractivity contribution in [2.45, 2.75) is 26.7 Å². The van der Waals surface area contributed by atoms with Crippen LogP contribution in [-0.4, -0.2) is 28.7 Å². The molecule has 0 spiro atoms. The zero-order valence-corrected chi connectivity index (χ0v) is 13.4. The molecule has 0 aliphatic heterocycles. The molecular formula is C17H19N3O3. The number of benzene rings is 1. The Morgan fingerprint density at radius 2 is 1.78 bits per heavy atom. The monoisotopic (exact) mass is 313 g/mol. The third-order valence-electron chi connectivity index (χ3n) is 3.16. The van der Waals surface area contributed by atoms with Crippen LogP contribution in [0.25, 0.3) is 0 Å². The molecule has 0 saturated carbocycles. The molecule has 0 saturated heterocycles. The van der Waals surface area contributed by atoms with E-state index in [2.05, 4.69) is 15.5 Å². The molecule has 0 fully saturated rings. The van der Waals surface area contributed by atoms with E-state index < -0.39 is 0 Å². The molecule has 120 valence electrons. The first kappa shape index (κ1) is 16.6. The van der Waals surface area contributed by atoms with Crippen molar-refractivity contribution in [3.63, 3.8) is 0 Å². The van der Waals surface area contributed by atoms with Crippen LogP contribution in [0.15, 0.2) is 36.4 Å². The minimum absolute atomic E-state index is 0.240. The van der Waals surface area contributed by atoms with Gasteiger partial charge in [-0.25, -0.2) is 4.79 Å². The molecule has 2 rings (SSSR count). The molecule has 2 aromatic rings. The minimum atomic E-state index is -0.388. The van der Waals surface area contributed by atoms with Gasteiger partial charge in [0.2, 0.25) is 0 Å². The minimum Gasteiger partial charge on any atom is -0.462 e. The summed E-state index contributed by atoms with van der Waals surface area (Å²) >= 11 is 0. The van der Waals surface area contributed by atoms with Crippen molar-refractivity contribution in [1.82, 2.24) is 10.2 Å². The Labute approximate surface area is 134 Å². The number of anilines is 1. The summed E-state index contributed by atoms with van der Waals surface area (Å²) in [5, 5.41) is 10.7. The van der Waals surface area contributed by atoms with Gasteiger partial charge >= 0.3 is 5.97 Å². The van der Waals surface area contributed by atoms with Crippen LogP contribution in [0, 0.1) is 0 Å². The van der Waals surface area contributed by atoms with E-state index in [1.807, 2.05) is 13.8 Å². The Hall–Kier alpha value is -2.76. The predicted octanol–water partition coefficient (Wildman–Crippen LogP) is 3.03. The molecule has 0 atom stereocenters. The van der Waals surface area contributed by atoms with E-state index in [0.29, 0.717) is 17.9 Å². The van der Waals surface area contributed by atoms with Crippen molar-refractivity contribution in [2.75, 3.05) is 11.9 Å². The SMILES string of the molecule is CCOC(=O)c1ccc(NC(=O)c2ccc(C(C)C)nn2)cc1. The van der Waals surface area contributed by atoms with Gasteiger partial charge in [-0.05, 0) is 49.2 Å². The summed E-state index contributed by atoms with van der Waals surface area (Å²) in [4.78, 5) is 23.7. The van der Waals surface area contributed by atoms with Crippen LogP contribution in [0.5, 0.6) is 0 Å². The van der Waals surface area contributed by atoms with Crippen molar-refractivity contribution in [1.29, 1.82) is 0 Å². The van der Waals surface area contributed by atoms with E-state index in [0.717, 1.165) is 5.69 Å². The number of amides is 1. The third-order valence-corrected chi connectivity index (χ3v) is 3.16. The lowest BCUT2D eigenvalue weighted by Crippen LogP contribution is -2.15. The van der Waals surface area contributed by atoms with Gasteiger partial charge in [-0.1, -0.05) is 13.8 Å². The number of ether oxygens (including phenoxy) is 1. The number of hydrogen-bond donors (Lipinski definition) is 1. The van der Waals surface area contributed by atoms with E-state index in [1.54, 1.807) is 43.3 Å². The van der Waals surface area contributed by atoms with Crippen LogP contribution < -0.4 is 5.32 Å². The fourth-order valence-electron chi connectivity index (χ4n) is 1.87. The lowest BCUT2D eigenvalue weighted by molar-refractivity contribution is 0.0526. The summed E-state index contributed by atoms with van der Waals surface area (Å²) in [7, 11) is 0. The van der Waals surface area contributed by atoms with Crippen molar-refractivity contribution < 1.29 is 14.3 Å². The van der Waals surface area contributed by atoms with E-state index in [1.165, 1.54) is 0 Å². The molecule has 1 amide bonds. The molecular weight excluding hydrogens is 294 g/mol. The smallest absolute Gasteiger partial charge is 0.338 e. The quantitative estimate of drug-likeness (QED) is 0.858. The van der Waals surface area contributed by atoms with Gasteiger partial charge < -0.3 is 10.1 Å². The first-order valence-electron chi connectivity index (χ1n) is 7.43. The van der Waals surface area contributed by atoms with Crippen LogP contribution in [0.1, 0.15) is 53.2 Å². The summed E-state index contributed by atoms with van der Waals surface area (Å²) in [6.07, 6.45) is 0. The van der Waals surface area contributed by atoms with Gasteiger partial charge in [0.25, 0.3) is 5.91 Å². The Bertz CT molecular complexity index is 679. The standard InChI is InChI=1S/C17H19N3O3/c1-4-23-17(22)12-5-7-13(8-6-12)18-16(21)15-10-9-14(11(2)3)19-20-15/h5-11H,4H2,1-3H3,(H,18,21). The largest absolute Gasteiger partial charge is 0.462 e. The highest BCUT2D eigenvalue weighted by Crippen LogP contribution is 2.13. The average Bonchev–Trinajstić information content (AvgIpc) is 2.55. The first-order chi connectivity index (χ1) is 11.0. The highest BCUT2D eigenvalue weighted by molar-refractivity contribution is 6.03. The number of esters is 1. The molecule has 1 aromatic heterocycles. The van der Waals surface area contributed by atoms with Crippen molar-refractivity contribution in [3.8, 4) is 0 Å². The van der Waals surface area contributed by atoms with Crippen molar-refractivity contribution in [2.24, 2.45) is 0 Å². The predicted molar refractivity (Wildman–Crippen MR) is 86.5 cm³/mol. The maximum atomic E-state index is 12.1. The Kier molecular flexibility index (Phi) is 5.41. The second-order valence-electron chi connectivity index (χ2n) is 5.25. The third kappa shape index (κ3) is 4.35. The van der Waals surface area contributed by atoms with E-state index >= 15 is 0 Å². The fraction of sp³-hybridized carbons (Fsp3) is 0.294. The number of carbonyl (C=O) groups excluding carboxylic acids is 2. The highest BCUT2D eigenvalue weighted by atomic mass is 16.5. The molecule has 0 unspecified atom stereocenters. The Balaban J connectivity index is 2.03. The van der Waals surface area contributed by atoms with E-state index in [-0.39, 0.29) is 23.5 Å². The van der Waals surface area contributed by atoms with Gasteiger partial charge in [0.1, 0.15) is 0 Å². The Morgan fingerprint density at radius 1 is 1.09 bits per heavy atom. The Morgan fingerprint density at radius 3 is 2.30 bits per heavy atom. The normalized spacial score (nSPS) is 10.4. The zero-order chi connectivity index (χ0) is 16.8. The fourth-order valence-corrected chi connectivity index (χ4v) is 1.87. The van der Waals surface area contributed by atoms with Crippen LogP contribution >= 0.6 is 0 Å². The molecule has 6 nitrogen and oxygen atoms in total. The lowest BCUT2D eigenvalue weighted by atomic mass is 10.1. The zero-order valence-electron chi connectivity index (χ0n) is 13.4. The van der Waals surface area contributed by atoms with E-state index in [4.69, 9.17) is 4.74 Å². The topological polar surface area (TPSA) is 81.2 Å². The molecule has 0 bridgehead atoms. The molecule has 23 heavy (non-hydrogen) atoms. The number of nitrogens with one attached hydrogen (secondary N) is 1. The van der Waals surface area contributed by atoms with Gasteiger partial charge in [-0.3, -0.25) is 4.79 Å². The second-order valence-corrected chi connectivity index (χ2v) is 5.25. The number of aromatic nitrogens is 2. The summed E-state index contributed by atoms with van der Waals surface area (Å²) in [5.41, 5.74) is 2.08. The maximum Gasteiger partial charge on any atom is 0.338 e. The second kappa shape index (κ2) is 7.49. The number of nitrogens with zero attached hydrogens (tertiary/aromatic N) is 2. The lowest BCUT2D eigenvalue weighted by Gasteiger charge is -2.07. The molecule has 0 aliphatic carbocycles. The first-order valence-corrected chi connectivity index (χ1v) is 7.43. The summed E-state index contributed by atoms with van der Waals surface area (Å²) in [6.45, 7) is 6.09. The summed E-state index contributed by atoms with van der Waals surface area (Å²) in [5.74, 6) is -0.479. The molecule has 1 heterocycles. The number of hydrogen-bond acceptors (Lipinski definition) is 5. The van der Waals surface area contributed by atoms with Crippen LogP contribution in [-0.2, 0) is 4.74 Å². The molecule has 6 heteroatoms. The molecule has 0 radical (unpaired) electrons. The van der Waals surface area contributed by atoms with Crippen molar-refractivity contribution >= 4 is 17.6 Å². The van der Waals surface area contributed by atoms with Gasteiger partial charge in [0.05, 0.1) is 17.9 Å². The number of rotatable bonds is 5. The maximum absolute atomic E-state index is 12.1. The van der Waals surface area contributed by atoms with Gasteiger partial charge in [0, 0.05) is 5.69 Å². The van der Waals surface area contributed by atoms with Crippen molar-refractivity contribution in [3.05, 3.63) is 53.3 Å². The van der Waals surface area contributed by atoms with Crippen LogP contribution in [0.4, 0.5) is 5.69 Å². The molecule has 1 N–H and O–H groups in total. The summed E-state index contributed by atoms with van der Waals surface area (Å²) in [6, 6.07) is 9.91. The average molecular weight is 313 g/mol. The van der Waals surface area contributed by atoms with Crippen LogP contribution in [0.3, 0.4) is 0 Å². The van der Waals surface area contributed by atoms with Gasteiger partial charge in [-0.15, -0.1) is 5.10 Å².